The van der Waals surface area contributed by atoms with Crippen LogP contribution in [0.4, 0.5) is 10.5 Å². The van der Waals surface area contributed by atoms with Crippen molar-refractivity contribution < 1.29 is 19.1 Å². The van der Waals surface area contributed by atoms with E-state index in [0.717, 1.165) is 11.1 Å². The average Bonchev–Trinajstić information content (AvgIpc) is 3.11. The number of benzene rings is 2. The van der Waals surface area contributed by atoms with Gasteiger partial charge in [0.05, 0.1) is 6.54 Å². The molecule has 176 valence electrons. The monoisotopic (exact) mass is 452 g/mol. The number of carbonyl (C=O) groups excluding carboxylic acids is 3. The van der Waals surface area contributed by atoms with Crippen molar-refractivity contribution in [1.29, 1.82) is 0 Å². The molecule has 3 rings (SSSR count). The van der Waals surface area contributed by atoms with Crippen LogP contribution in [0, 0.1) is 6.92 Å². The van der Waals surface area contributed by atoms with Gasteiger partial charge in [0.1, 0.15) is 0 Å². The molecule has 2 aromatic rings. The number of rotatable bonds is 9. The Kier molecular flexibility index (Phi) is 8.06. The van der Waals surface area contributed by atoms with Crippen LogP contribution < -0.4 is 10.6 Å². The van der Waals surface area contributed by atoms with Gasteiger partial charge in [-0.1, -0.05) is 48.9 Å². The number of hydrogen-bond donors (Lipinski definition) is 2. The lowest BCUT2D eigenvalue weighted by atomic mass is 10.00. The molecule has 0 radical (unpaired) electrons. The second-order valence-corrected chi connectivity index (χ2v) is 8.48. The summed E-state index contributed by atoms with van der Waals surface area (Å²) >= 11 is 0. The summed E-state index contributed by atoms with van der Waals surface area (Å²) in [6, 6.07) is 14.1. The highest BCUT2D eigenvalue weighted by atomic mass is 16.6. The van der Waals surface area contributed by atoms with Gasteiger partial charge in [0.15, 0.2) is 12.1 Å². The molecule has 1 fully saturated rings. The summed E-state index contributed by atoms with van der Waals surface area (Å²) in [5, 5.41) is 5.75. The number of aryl methyl sites for hydroxylation is 1. The van der Waals surface area contributed by atoms with Gasteiger partial charge in [-0.15, -0.1) is 0 Å². The smallest absolute Gasteiger partial charge is 0.411 e. The highest BCUT2D eigenvalue weighted by Gasteiger charge is 2.47. The van der Waals surface area contributed by atoms with Crippen LogP contribution in [0.5, 0.6) is 0 Å². The number of hydrogen-bond acceptors (Lipinski definition) is 5. The predicted octanol–water partition coefficient (Wildman–Crippen LogP) is 3.08. The number of cyclic esters (lactones) is 1. The maximum Gasteiger partial charge on any atom is 0.411 e. The zero-order chi connectivity index (χ0) is 24.0. The molecule has 3 amide bonds. The molecule has 1 aliphatic heterocycles. The van der Waals surface area contributed by atoms with E-state index in [4.69, 9.17) is 4.74 Å². The Morgan fingerprint density at radius 1 is 1.12 bits per heavy atom. The van der Waals surface area contributed by atoms with Gasteiger partial charge in [-0.05, 0) is 44.3 Å². The summed E-state index contributed by atoms with van der Waals surface area (Å²) in [5.41, 5.74) is 3.27. The quantitative estimate of drug-likeness (QED) is 0.610. The number of amides is 3. The van der Waals surface area contributed by atoms with Crippen LogP contribution in [-0.2, 0) is 20.9 Å². The molecule has 8 nitrogen and oxygen atoms in total. The minimum atomic E-state index is -0.835. The van der Waals surface area contributed by atoms with Crippen LogP contribution in [0.3, 0.4) is 0 Å². The Labute approximate surface area is 194 Å². The fourth-order valence-electron chi connectivity index (χ4n) is 3.65. The molecule has 2 unspecified atom stereocenters. The molecule has 0 aliphatic carbocycles. The maximum atomic E-state index is 13.2. The van der Waals surface area contributed by atoms with Crippen molar-refractivity contribution in [3.05, 3.63) is 65.2 Å². The van der Waals surface area contributed by atoms with E-state index in [1.807, 2.05) is 50.2 Å². The Balaban J connectivity index is 1.88. The van der Waals surface area contributed by atoms with Crippen molar-refractivity contribution in [3.8, 4) is 0 Å². The molecular weight excluding hydrogens is 420 g/mol. The number of likely N-dealkylation sites (N-methyl/N-ethyl adjacent to an activating group) is 1. The molecule has 8 heteroatoms. The Morgan fingerprint density at radius 2 is 1.85 bits per heavy atom. The molecule has 1 aliphatic rings. The lowest BCUT2D eigenvalue weighted by molar-refractivity contribution is -0.126. The molecule has 0 bridgehead atoms. The molecule has 0 saturated carbocycles. The second-order valence-electron chi connectivity index (χ2n) is 8.48. The number of ether oxygens (including phenoxy) is 1. The van der Waals surface area contributed by atoms with E-state index in [1.165, 1.54) is 4.90 Å². The number of nitrogens with zero attached hydrogens (tertiary/aromatic N) is 2. The number of carbonyl (C=O) groups is 3. The first kappa shape index (κ1) is 24.3. The van der Waals surface area contributed by atoms with Crippen LogP contribution >= 0.6 is 0 Å². The van der Waals surface area contributed by atoms with E-state index in [2.05, 4.69) is 10.6 Å². The SMILES string of the molecule is CCC(=O)Nc1cccc(C2OC(=O)N(Cc3ccc(C)cc3)C2C(=O)NCCN(C)C)c1. The number of nitrogens with one attached hydrogen (secondary N) is 2. The highest BCUT2D eigenvalue weighted by Crippen LogP contribution is 2.35. The summed E-state index contributed by atoms with van der Waals surface area (Å²) in [4.78, 5) is 41.4. The first-order valence-corrected chi connectivity index (χ1v) is 11.1. The molecule has 1 heterocycles. The Bertz CT molecular complexity index is 990. The third-order valence-corrected chi connectivity index (χ3v) is 5.51. The van der Waals surface area contributed by atoms with E-state index in [0.29, 0.717) is 30.8 Å². The molecule has 1 saturated heterocycles. The second kappa shape index (κ2) is 11.0. The molecule has 33 heavy (non-hydrogen) atoms. The first-order valence-electron chi connectivity index (χ1n) is 11.1. The summed E-state index contributed by atoms with van der Waals surface area (Å²) in [5.74, 6) is -0.391. The van der Waals surface area contributed by atoms with Crippen molar-refractivity contribution in [2.45, 2.75) is 39.0 Å². The summed E-state index contributed by atoms with van der Waals surface area (Å²) < 4.78 is 5.71. The van der Waals surface area contributed by atoms with Crippen LogP contribution in [0.1, 0.15) is 36.1 Å². The van der Waals surface area contributed by atoms with Gasteiger partial charge in [0.25, 0.3) is 0 Å². The van der Waals surface area contributed by atoms with E-state index in [9.17, 15) is 14.4 Å². The summed E-state index contributed by atoms with van der Waals surface area (Å²) in [6.07, 6.45) is -0.985. The van der Waals surface area contributed by atoms with Crippen molar-refractivity contribution in [2.24, 2.45) is 0 Å². The molecule has 2 N–H and O–H groups in total. The van der Waals surface area contributed by atoms with Crippen molar-refractivity contribution in [2.75, 3.05) is 32.5 Å². The fourth-order valence-corrected chi connectivity index (χ4v) is 3.65. The minimum Gasteiger partial charge on any atom is -0.438 e. The number of anilines is 1. The largest absolute Gasteiger partial charge is 0.438 e. The van der Waals surface area contributed by atoms with Crippen LogP contribution in [0.25, 0.3) is 0 Å². The average molecular weight is 453 g/mol. The fraction of sp³-hybridized carbons (Fsp3) is 0.400. The summed E-state index contributed by atoms with van der Waals surface area (Å²) in [6.45, 7) is 5.15. The normalized spacial score (nSPS) is 17.7. The van der Waals surface area contributed by atoms with Crippen molar-refractivity contribution in [1.82, 2.24) is 15.1 Å². The zero-order valence-electron chi connectivity index (χ0n) is 19.6. The minimum absolute atomic E-state index is 0.116. The standard InChI is InChI=1S/C25H32N4O4/c1-5-21(30)27-20-8-6-7-19(15-20)23-22(24(31)26-13-14-28(3)4)29(25(32)33-23)16-18-11-9-17(2)10-12-18/h6-12,15,22-23H,5,13-14,16H2,1-4H3,(H,26,31)(H,27,30). The van der Waals surface area contributed by atoms with Crippen molar-refractivity contribution >= 4 is 23.6 Å². The van der Waals surface area contributed by atoms with Crippen LogP contribution in [0.2, 0.25) is 0 Å². The Hall–Kier alpha value is -3.39. The van der Waals surface area contributed by atoms with E-state index < -0.39 is 18.2 Å². The van der Waals surface area contributed by atoms with Gasteiger partial charge in [-0.2, -0.15) is 0 Å². The predicted molar refractivity (Wildman–Crippen MR) is 127 cm³/mol. The topological polar surface area (TPSA) is 91.0 Å². The van der Waals surface area contributed by atoms with E-state index >= 15 is 0 Å². The van der Waals surface area contributed by atoms with E-state index in [1.54, 1.807) is 31.2 Å². The van der Waals surface area contributed by atoms with Gasteiger partial charge < -0.3 is 20.3 Å². The third-order valence-electron chi connectivity index (χ3n) is 5.51. The first-order chi connectivity index (χ1) is 15.8. The Morgan fingerprint density at radius 3 is 2.52 bits per heavy atom. The lowest BCUT2D eigenvalue weighted by Crippen LogP contribution is -2.47. The zero-order valence-corrected chi connectivity index (χ0v) is 19.6. The van der Waals surface area contributed by atoms with Crippen LogP contribution in [0.15, 0.2) is 48.5 Å². The highest BCUT2D eigenvalue weighted by molar-refractivity contribution is 5.91. The summed E-state index contributed by atoms with van der Waals surface area (Å²) in [7, 11) is 3.86. The van der Waals surface area contributed by atoms with Crippen molar-refractivity contribution in [3.63, 3.8) is 0 Å². The van der Waals surface area contributed by atoms with Gasteiger partial charge >= 0.3 is 6.09 Å². The molecule has 0 spiro atoms. The molecule has 0 aromatic heterocycles. The maximum absolute atomic E-state index is 13.2. The molecular formula is C25H32N4O4. The molecule has 2 aromatic carbocycles. The van der Waals surface area contributed by atoms with Crippen LogP contribution in [-0.4, -0.2) is 60.9 Å². The lowest BCUT2D eigenvalue weighted by Gasteiger charge is -2.25. The van der Waals surface area contributed by atoms with E-state index in [-0.39, 0.29) is 18.4 Å². The third kappa shape index (κ3) is 6.32. The van der Waals surface area contributed by atoms with Gasteiger partial charge in [0.2, 0.25) is 11.8 Å². The van der Waals surface area contributed by atoms with Gasteiger partial charge in [-0.3, -0.25) is 14.5 Å². The van der Waals surface area contributed by atoms with Gasteiger partial charge in [0, 0.05) is 25.2 Å². The molecule has 2 atom stereocenters. The van der Waals surface area contributed by atoms with Gasteiger partial charge in [-0.25, -0.2) is 4.79 Å².